The molecule has 0 unspecified atom stereocenters. The highest BCUT2D eigenvalue weighted by Gasteiger charge is 2.21. The first-order valence-electron chi connectivity index (χ1n) is 7.68. The molecule has 1 aromatic carbocycles. The molecular formula is C17H23N3O. The third kappa shape index (κ3) is 2.95. The van der Waals surface area contributed by atoms with Crippen molar-refractivity contribution >= 4 is 11.6 Å². The van der Waals surface area contributed by atoms with Crippen LogP contribution in [-0.2, 0) is 0 Å². The van der Waals surface area contributed by atoms with E-state index < -0.39 is 0 Å². The third-order valence-corrected chi connectivity index (χ3v) is 4.45. The van der Waals surface area contributed by atoms with Crippen molar-refractivity contribution in [3.8, 4) is 0 Å². The number of carbonyl (C=O) groups is 1. The van der Waals surface area contributed by atoms with Gasteiger partial charge in [-0.1, -0.05) is 6.58 Å². The molecule has 21 heavy (non-hydrogen) atoms. The van der Waals surface area contributed by atoms with E-state index in [2.05, 4.69) is 23.4 Å². The zero-order chi connectivity index (χ0) is 14.8. The van der Waals surface area contributed by atoms with E-state index in [1.54, 1.807) is 0 Å². The van der Waals surface area contributed by atoms with Crippen molar-refractivity contribution < 1.29 is 4.79 Å². The molecule has 4 nitrogen and oxygen atoms in total. The summed E-state index contributed by atoms with van der Waals surface area (Å²) >= 11 is 0. The minimum Gasteiger partial charge on any atom is -0.346 e. The second kappa shape index (κ2) is 5.90. The Labute approximate surface area is 126 Å². The lowest BCUT2D eigenvalue weighted by Crippen LogP contribution is -2.47. The van der Waals surface area contributed by atoms with Crippen LogP contribution in [0, 0.1) is 0 Å². The van der Waals surface area contributed by atoms with Crippen LogP contribution >= 0.6 is 0 Å². The van der Waals surface area contributed by atoms with E-state index in [4.69, 9.17) is 0 Å². The summed E-state index contributed by atoms with van der Waals surface area (Å²) in [6, 6.07) is 7.97. The van der Waals surface area contributed by atoms with E-state index in [9.17, 15) is 4.79 Å². The number of allylic oxidation sites excluding steroid dienone is 1. The minimum atomic E-state index is 0.148. The van der Waals surface area contributed by atoms with Crippen molar-refractivity contribution in [3.63, 3.8) is 0 Å². The SMILES string of the molecule is C=C1CCCN1c1ccc(C(=O)N2CCN(C)CC2)cc1. The van der Waals surface area contributed by atoms with Crippen LogP contribution in [0.1, 0.15) is 23.2 Å². The molecule has 0 radical (unpaired) electrons. The van der Waals surface area contributed by atoms with Crippen LogP contribution in [0.3, 0.4) is 0 Å². The molecule has 1 amide bonds. The van der Waals surface area contributed by atoms with Gasteiger partial charge in [0.2, 0.25) is 0 Å². The number of carbonyl (C=O) groups excluding carboxylic acids is 1. The average molecular weight is 285 g/mol. The first kappa shape index (κ1) is 14.1. The second-order valence-corrected chi connectivity index (χ2v) is 5.96. The maximum absolute atomic E-state index is 12.5. The van der Waals surface area contributed by atoms with Crippen LogP contribution in [-0.4, -0.2) is 55.5 Å². The average Bonchev–Trinajstić information content (AvgIpc) is 2.94. The largest absolute Gasteiger partial charge is 0.346 e. The Morgan fingerprint density at radius 1 is 1.05 bits per heavy atom. The second-order valence-electron chi connectivity index (χ2n) is 5.96. The van der Waals surface area contributed by atoms with Gasteiger partial charge in [0.15, 0.2) is 0 Å². The molecule has 1 aromatic rings. The summed E-state index contributed by atoms with van der Waals surface area (Å²) in [5.41, 5.74) is 3.11. The number of benzene rings is 1. The van der Waals surface area contributed by atoms with Gasteiger partial charge in [-0.2, -0.15) is 0 Å². The molecule has 2 aliphatic rings. The summed E-state index contributed by atoms with van der Waals surface area (Å²) in [5, 5.41) is 0. The number of anilines is 1. The van der Waals surface area contributed by atoms with Crippen molar-refractivity contribution in [2.45, 2.75) is 12.8 Å². The minimum absolute atomic E-state index is 0.148. The van der Waals surface area contributed by atoms with Crippen LogP contribution < -0.4 is 4.90 Å². The van der Waals surface area contributed by atoms with Crippen LogP contribution in [0.15, 0.2) is 36.5 Å². The molecule has 4 heteroatoms. The van der Waals surface area contributed by atoms with Crippen LogP contribution in [0.4, 0.5) is 5.69 Å². The summed E-state index contributed by atoms with van der Waals surface area (Å²) in [6.07, 6.45) is 2.24. The van der Waals surface area contributed by atoms with Gasteiger partial charge in [-0.3, -0.25) is 4.79 Å². The standard InChI is InChI=1S/C17H23N3O/c1-14-4-3-9-20(14)16-7-5-15(6-8-16)17(21)19-12-10-18(2)11-13-19/h5-8H,1,3-4,9-13H2,2H3. The van der Waals surface area contributed by atoms with Gasteiger partial charge in [-0.25, -0.2) is 0 Å². The topological polar surface area (TPSA) is 26.8 Å². The van der Waals surface area contributed by atoms with Gasteiger partial charge in [0.1, 0.15) is 0 Å². The van der Waals surface area contributed by atoms with Gasteiger partial charge in [0.05, 0.1) is 0 Å². The van der Waals surface area contributed by atoms with Gasteiger partial charge in [-0.05, 0) is 44.2 Å². The zero-order valence-electron chi connectivity index (χ0n) is 12.7. The summed E-state index contributed by atoms with van der Waals surface area (Å²) in [4.78, 5) is 18.9. The zero-order valence-corrected chi connectivity index (χ0v) is 12.7. The highest BCUT2D eigenvalue weighted by molar-refractivity contribution is 5.94. The molecular weight excluding hydrogens is 262 g/mol. The Balaban J connectivity index is 1.69. The lowest BCUT2D eigenvalue weighted by Gasteiger charge is -2.32. The predicted octanol–water partition coefficient (Wildman–Crippen LogP) is 2.19. The first-order chi connectivity index (χ1) is 10.1. The Hall–Kier alpha value is -1.81. The van der Waals surface area contributed by atoms with Gasteiger partial charge >= 0.3 is 0 Å². The molecule has 112 valence electrons. The molecule has 2 fully saturated rings. The smallest absolute Gasteiger partial charge is 0.253 e. The molecule has 2 heterocycles. The molecule has 0 aromatic heterocycles. The summed E-state index contributed by atoms with van der Waals surface area (Å²) in [6.45, 7) is 8.68. The van der Waals surface area contributed by atoms with Gasteiger partial charge < -0.3 is 14.7 Å². The fraction of sp³-hybridized carbons (Fsp3) is 0.471. The van der Waals surface area contributed by atoms with Crippen LogP contribution in [0.25, 0.3) is 0 Å². The lowest BCUT2D eigenvalue weighted by atomic mass is 10.1. The van der Waals surface area contributed by atoms with E-state index in [1.165, 1.54) is 12.1 Å². The van der Waals surface area contributed by atoms with E-state index >= 15 is 0 Å². The third-order valence-electron chi connectivity index (χ3n) is 4.45. The Morgan fingerprint density at radius 3 is 2.29 bits per heavy atom. The monoisotopic (exact) mass is 285 g/mol. The summed E-state index contributed by atoms with van der Waals surface area (Å²) < 4.78 is 0. The highest BCUT2D eigenvalue weighted by atomic mass is 16.2. The number of amides is 1. The lowest BCUT2D eigenvalue weighted by molar-refractivity contribution is 0.0664. The van der Waals surface area contributed by atoms with Crippen LogP contribution in [0.2, 0.25) is 0 Å². The molecule has 0 saturated carbocycles. The van der Waals surface area contributed by atoms with Crippen molar-refractivity contribution in [1.82, 2.24) is 9.80 Å². The fourth-order valence-electron chi connectivity index (χ4n) is 3.02. The molecule has 0 atom stereocenters. The Kier molecular flexibility index (Phi) is 3.97. The maximum atomic E-state index is 12.5. The van der Waals surface area contributed by atoms with Crippen LogP contribution in [0.5, 0.6) is 0 Å². The number of rotatable bonds is 2. The molecule has 2 aliphatic heterocycles. The molecule has 2 saturated heterocycles. The van der Waals surface area contributed by atoms with Gasteiger partial charge in [0.25, 0.3) is 5.91 Å². The number of nitrogens with zero attached hydrogens (tertiary/aromatic N) is 3. The van der Waals surface area contributed by atoms with Crippen molar-refractivity contribution in [1.29, 1.82) is 0 Å². The fourth-order valence-corrected chi connectivity index (χ4v) is 3.02. The quantitative estimate of drug-likeness (QED) is 0.833. The Bertz CT molecular complexity index is 529. The van der Waals surface area contributed by atoms with E-state index in [1.807, 2.05) is 29.2 Å². The van der Waals surface area contributed by atoms with Crippen molar-refractivity contribution in [3.05, 3.63) is 42.1 Å². The first-order valence-corrected chi connectivity index (χ1v) is 7.68. The number of likely N-dealkylation sites (N-methyl/N-ethyl adjacent to an activating group) is 1. The molecule has 0 spiro atoms. The molecule has 3 rings (SSSR count). The van der Waals surface area contributed by atoms with Crippen molar-refractivity contribution in [2.75, 3.05) is 44.7 Å². The summed E-state index contributed by atoms with van der Waals surface area (Å²) in [5.74, 6) is 0.148. The number of piperazine rings is 1. The van der Waals surface area contributed by atoms with E-state index in [0.717, 1.165) is 50.4 Å². The molecule has 0 N–H and O–H groups in total. The van der Waals surface area contributed by atoms with E-state index in [-0.39, 0.29) is 5.91 Å². The molecule has 0 aliphatic carbocycles. The maximum Gasteiger partial charge on any atom is 0.253 e. The van der Waals surface area contributed by atoms with Gasteiger partial charge in [0, 0.05) is 49.7 Å². The highest BCUT2D eigenvalue weighted by Crippen LogP contribution is 2.27. The predicted molar refractivity (Wildman–Crippen MR) is 85.6 cm³/mol. The number of hydrogen-bond acceptors (Lipinski definition) is 3. The normalized spacial score (nSPS) is 20.1. The number of hydrogen-bond donors (Lipinski definition) is 0. The van der Waals surface area contributed by atoms with Gasteiger partial charge in [-0.15, -0.1) is 0 Å². The van der Waals surface area contributed by atoms with Crippen molar-refractivity contribution in [2.24, 2.45) is 0 Å². The van der Waals surface area contributed by atoms with E-state index in [0.29, 0.717) is 0 Å². The Morgan fingerprint density at radius 2 is 1.71 bits per heavy atom. The molecule has 0 bridgehead atoms. The summed E-state index contributed by atoms with van der Waals surface area (Å²) in [7, 11) is 2.10.